The average Bonchev–Trinajstić information content (AvgIpc) is 3.28. The number of rotatable bonds is 3. The molecule has 1 fully saturated rings. The smallest absolute Gasteiger partial charge is 0.244 e. The maximum Gasteiger partial charge on any atom is 0.244 e. The van der Waals surface area contributed by atoms with Gasteiger partial charge in [0, 0.05) is 31.6 Å². The quantitative estimate of drug-likeness (QED) is 0.709. The Bertz CT molecular complexity index is 951. The molecule has 4 rings (SSSR count). The predicted molar refractivity (Wildman–Crippen MR) is 107 cm³/mol. The van der Waals surface area contributed by atoms with Gasteiger partial charge in [-0.05, 0) is 25.3 Å². The fourth-order valence-corrected chi connectivity index (χ4v) is 4.63. The molecule has 1 aromatic carbocycles. The molecule has 5 nitrogen and oxygen atoms in total. The van der Waals surface area contributed by atoms with Crippen LogP contribution in [0.25, 0.3) is 21.3 Å². The molecule has 0 spiro atoms. The normalized spacial score (nSPS) is 17.0. The molecule has 0 bridgehead atoms. The number of fused-ring (bicyclic) bond motifs is 1. The zero-order chi connectivity index (χ0) is 18.3. The summed E-state index contributed by atoms with van der Waals surface area (Å²) in [6.45, 7) is 2.77. The van der Waals surface area contributed by atoms with Crippen LogP contribution in [-0.4, -0.2) is 47.5 Å². The fourth-order valence-electron chi connectivity index (χ4n) is 3.64. The summed E-state index contributed by atoms with van der Waals surface area (Å²) in [4.78, 5) is 27.0. The van der Waals surface area contributed by atoms with Crippen molar-refractivity contribution in [2.45, 2.75) is 25.8 Å². The minimum Gasteiger partial charge on any atom is -0.347 e. The van der Waals surface area contributed by atoms with Crippen molar-refractivity contribution < 1.29 is 4.79 Å². The van der Waals surface area contributed by atoms with E-state index in [9.17, 15) is 4.79 Å². The lowest BCUT2D eigenvalue weighted by Gasteiger charge is -2.28. The molecular weight excluding hydrogens is 344 g/mol. The molecule has 1 aliphatic heterocycles. The van der Waals surface area contributed by atoms with Crippen LogP contribution in [-0.2, 0) is 4.79 Å². The SMILES string of the molecule is Cc1nc(N2CCCC2C(=O)N(C)C)c2c(-c3ccccc3)csc2n1. The van der Waals surface area contributed by atoms with Crippen LogP contribution in [0.4, 0.5) is 5.82 Å². The number of anilines is 1. The van der Waals surface area contributed by atoms with Gasteiger partial charge in [-0.1, -0.05) is 30.3 Å². The van der Waals surface area contributed by atoms with Crippen molar-refractivity contribution in [2.24, 2.45) is 0 Å². The summed E-state index contributed by atoms with van der Waals surface area (Å²) in [6.07, 6.45) is 1.87. The average molecular weight is 366 g/mol. The summed E-state index contributed by atoms with van der Waals surface area (Å²) in [7, 11) is 3.64. The van der Waals surface area contributed by atoms with Crippen molar-refractivity contribution in [1.29, 1.82) is 0 Å². The molecule has 0 N–H and O–H groups in total. The van der Waals surface area contributed by atoms with E-state index in [4.69, 9.17) is 4.98 Å². The van der Waals surface area contributed by atoms with Gasteiger partial charge in [-0.2, -0.15) is 0 Å². The van der Waals surface area contributed by atoms with Crippen LogP contribution < -0.4 is 4.90 Å². The molecule has 0 radical (unpaired) electrons. The number of thiophene rings is 1. The second-order valence-electron chi connectivity index (χ2n) is 6.87. The van der Waals surface area contributed by atoms with E-state index < -0.39 is 0 Å². The Balaban J connectivity index is 1.89. The molecule has 0 saturated carbocycles. The van der Waals surface area contributed by atoms with Crippen LogP contribution >= 0.6 is 11.3 Å². The van der Waals surface area contributed by atoms with Crippen LogP contribution in [0.2, 0.25) is 0 Å². The lowest BCUT2D eigenvalue weighted by molar-refractivity contribution is -0.129. The van der Waals surface area contributed by atoms with E-state index in [2.05, 4.69) is 27.4 Å². The molecule has 1 atom stereocenters. The van der Waals surface area contributed by atoms with Gasteiger partial charge in [0.05, 0.1) is 5.39 Å². The first-order valence-electron chi connectivity index (χ1n) is 8.85. The monoisotopic (exact) mass is 366 g/mol. The summed E-state index contributed by atoms with van der Waals surface area (Å²) >= 11 is 1.64. The van der Waals surface area contributed by atoms with E-state index >= 15 is 0 Å². The van der Waals surface area contributed by atoms with E-state index in [1.54, 1.807) is 16.2 Å². The predicted octanol–water partition coefficient (Wildman–Crippen LogP) is 3.72. The number of hydrogen-bond donors (Lipinski definition) is 0. The van der Waals surface area contributed by atoms with Gasteiger partial charge in [-0.15, -0.1) is 11.3 Å². The largest absolute Gasteiger partial charge is 0.347 e. The molecule has 0 aliphatic carbocycles. The molecular formula is C20H22N4OS. The highest BCUT2D eigenvalue weighted by molar-refractivity contribution is 7.17. The Kier molecular flexibility index (Phi) is 4.36. The molecule has 2 aromatic heterocycles. The minimum absolute atomic E-state index is 0.142. The standard InChI is InChI=1S/C20H22N4OS/c1-13-21-18(24-11-7-10-16(24)20(25)23(2)3)17-15(12-26-19(17)22-13)14-8-5-4-6-9-14/h4-6,8-9,12,16H,7,10-11H2,1-3H3. The Morgan fingerprint density at radius 1 is 1.23 bits per heavy atom. The van der Waals surface area contributed by atoms with Gasteiger partial charge in [0.2, 0.25) is 5.91 Å². The third-order valence-electron chi connectivity index (χ3n) is 4.86. The number of aryl methyl sites for hydroxylation is 1. The van der Waals surface area contributed by atoms with Crippen molar-refractivity contribution in [3.05, 3.63) is 41.5 Å². The van der Waals surface area contributed by atoms with E-state index in [0.29, 0.717) is 0 Å². The summed E-state index contributed by atoms with van der Waals surface area (Å²) in [5.41, 5.74) is 2.30. The molecule has 26 heavy (non-hydrogen) atoms. The van der Waals surface area contributed by atoms with E-state index in [1.165, 1.54) is 0 Å². The third-order valence-corrected chi connectivity index (χ3v) is 5.73. The van der Waals surface area contributed by atoms with Gasteiger partial charge >= 0.3 is 0 Å². The maximum atomic E-state index is 12.7. The highest BCUT2D eigenvalue weighted by atomic mass is 32.1. The Labute approximate surface area is 157 Å². The molecule has 3 heterocycles. The highest BCUT2D eigenvalue weighted by Gasteiger charge is 2.34. The van der Waals surface area contributed by atoms with Crippen molar-refractivity contribution in [3.63, 3.8) is 0 Å². The van der Waals surface area contributed by atoms with Crippen LogP contribution in [0.5, 0.6) is 0 Å². The summed E-state index contributed by atoms with van der Waals surface area (Å²) in [5, 5.41) is 3.21. The zero-order valence-corrected chi connectivity index (χ0v) is 16.1. The van der Waals surface area contributed by atoms with Gasteiger partial charge in [-0.3, -0.25) is 4.79 Å². The first-order chi connectivity index (χ1) is 12.6. The number of likely N-dealkylation sites (N-methyl/N-ethyl adjacent to an activating group) is 1. The second-order valence-corrected chi connectivity index (χ2v) is 7.73. The van der Waals surface area contributed by atoms with Crippen molar-refractivity contribution in [3.8, 4) is 11.1 Å². The van der Waals surface area contributed by atoms with E-state index in [-0.39, 0.29) is 11.9 Å². The first-order valence-corrected chi connectivity index (χ1v) is 9.73. The summed E-state index contributed by atoms with van der Waals surface area (Å²) in [5.74, 6) is 1.78. The summed E-state index contributed by atoms with van der Waals surface area (Å²) < 4.78 is 0. The number of carbonyl (C=O) groups is 1. The first kappa shape index (κ1) is 17.0. The van der Waals surface area contributed by atoms with Crippen LogP contribution in [0.1, 0.15) is 18.7 Å². The molecule has 1 amide bonds. The highest BCUT2D eigenvalue weighted by Crippen LogP contribution is 2.40. The molecule has 3 aromatic rings. The van der Waals surface area contributed by atoms with Gasteiger partial charge < -0.3 is 9.80 Å². The van der Waals surface area contributed by atoms with Gasteiger partial charge in [-0.25, -0.2) is 9.97 Å². The Hall–Kier alpha value is -2.47. The van der Waals surface area contributed by atoms with Crippen LogP contribution in [0.3, 0.4) is 0 Å². The Morgan fingerprint density at radius 3 is 2.73 bits per heavy atom. The van der Waals surface area contributed by atoms with Crippen molar-refractivity contribution in [1.82, 2.24) is 14.9 Å². The van der Waals surface area contributed by atoms with Gasteiger partial charge in [0.25, 0.3) is 0 Å². The van der Waals surface area contributed by atoms with E-state index in [0.717, 1.165) is 52.4 Å². The topological polar surface area (TPSA) is 49.3 Å². The molecule has 1 saturated heterocycles. The zero-order valence-electron chi connectivity index (χ0n) is 15.3. The third kappa shape index (κ3) is 2.84. The Morgan fingerprint density at radius 2 is 2.00 bits per heavy atom. The van der Waals surface area contributed by atoms with Crippen LogP contribution in [0.15, 0.2) is 35.7 Å². The number of nitrogens with zero attached hydrogens (tertiary/aromatic N) is 4. The van der Waals surface area contributed by atoms with E-state index in [1.807, 2.05) is 39.2 Å². The molecule has 134 valence electrons. The maximum absolute atomic E-state index is 12.7. The minimum atomic E-state index is -0.147. The number of benzene rings is 1. The second kappa shape index (κ2) is 6.68. The van der Waals surface area contributed by atoms with Crippen molar-refractivity contribution in [2.75, 3.05) is 25.5 Å². The number of carbonyl (C=O) groups excluding carboxylic acids is 1. The lowest BCUT2D eigenvalue weighted by Crippen LogP contribution is -2.43. The number of amides is 1. The fraction of sp³-hybridized carbons (Fsp3) is 0.350. The molecule has 6 heteroatoms. The number of aromatic nitrogens is 2. The number of hydrogen-bond acceptors (Lipinski definition) is 5. The molecule has 1 unspecified atom stereocenters. The van der Waals surface area contributed by atoms with Gasteiger partial charge in [0.1, 0.15) is 22.5 Å². The summed E-state index contributed by atoms with van der Waals surface area (Å²) in [6, 6.07) is 10.2. The van der Waals surface area contributed by atoms with Crippen molar-refractivity contribution >= 4 is 33.3 Å². The molecule has 1 aliphatic rings. The van der Waals surface area contributed by atoms with Crippen LogP contribution in [0, 0.1) is 6.92 Å². The van der Waals surface area contributed by atoms with Gasteiger partial charge in [0.15, 0.2) is 0 Å². The lowest BCUT2D eigenvalue weighted by atomic mass is 10.1.